The van der Waals surface area contributed by atoms with E-state index in [4.69, 9.17) is 5.73 Å². The van der Waals surface area contributed by atoms with E-state index in [9.17, 15) is 9.59 Å². The summed E-state index contributed by atoms with van der Waals surface area (Å²) in [5, 5.41) is 0.950. The van der Waals surface area contributed by atoms with E-state index in [0.29, 0.717) is 21.7 Å². The molecule has 0 unspecified atom stereocenters. The topological polar surface area (TPSA) is 78.0 Å². The number of thioether (sulfide) groups is 1. The molecular weight excluding hydrogens is 390 g/mol. The number of hydrogen-bond acceptors (Lipinski definition) is 4. The lowest BCUT2D eigenvalue weighted by Crippen LogP contribution is -2.23. The van der Waals surface area contributed by atoms with Crippen LogP contribution in [0.4, 0.5) is 0 Å². The van der Waals surface area contributed by atoms with Crippen molar-refractivity contribution >= 4 is 44.5 Å². The van der Waals surface area contributed by atoms with Crippen LogP contribution in [0.25, 0.3) is 16.6 Å². The summed E-state index contributed by atoms with van der Waals surface area (Å²) in [5.41, 5.74) is 7.43. The van der Waals surface area contributed by atoms with Gasteiger partial charge in [0.1, 0.15) is 0 Å². The fourth-order valence-electron chi connectivity index (χ4n) is 2.29. The van der Waals surface area contributed by atoms with Crippen molar-refractivity contribution in [2.45, 2.75) is 12.1 Å². The molecule has 0 spiro atoms. The Morgan fingerprint density at radius 3 is 2.62 bits per heavy atom. The van der Waals surface area contributed by atoms with Crippen LogP contribution in [0.5, 0.6) is 0 Å². The molecule has 0 radical (unpaired) electrons. The van der Waals surface area contributed by atoms with Gasteiger partial charge in [0, 0.05) is 4.47 Å². The number of primary amides is 1. The van der Waals surface area contributed by atoms with Gasteiger partial charge in [-0.05, 0) is 37.3 Å². The highest BCUT2D eigenvalue weighted by Crippen LogP contribution is 2.23. The lowest BCUT2D eigenvalue weighted by Gasteiger charge is -2.13. The second kappa shape index (κ2) is 6.78. The normalized spacial score (nSPS) is 10.9. The maximum absolute atomic E-state index is 13.0. The number of nitrogens with two attached hydrogens (primary N) is 1. The molecule has 0 saturated carbocycles. The van der Waals surface area contributed by atoms with Gasteiger partial charge in [0.2, 0.25) is 5.91 Å². The first-order valence-electron chi connectivity index (χ1n) is 7.16. The second-order valence-electron chi connectivity index (χ2n) is 5.29. The van der Waals surface area contributed by atoms with E-state index < -0.39 is 5.91 Å². The van der Waals surface area contributed by atoms with Gasteiger partial charge >= 0.3 is 0 Å². The average molecular weight is 404 g/mol. The molecule has 1 amide bonds. The summed E-state index contributed by atoms with van der Waals surface area (Å²) >= 11 is 4.54. The zero-order chi connectivity index (χ0) is 17.3. The van der Waals surface area contributed by atoms with Crippen molar-refractivity contribution < 1.29 is 4.79 Å². The molecule has 0 aliphatic heterocycles. The molecule has 1 aromatic heterocycles. The number of aromatic nitrogens is 2. The zero-order valence-corrected chi connectivity index (χ0v) is 15.2. The largest absolute Gasteiger partial charge is 0.369 e. The number of hydrogen-bond donors (Lipinski definition) is 1. The molecule has 0 saturated heterocycles. The summed E-state index contributed by atoms with van der Waals surface area (Å²) in [5.74, 6) is -0.402. The smallest absolute Gasteiger partial charge is 0.266 e. The maximum atomic E-state index is 13.0. The van der Waals surface area contributed by atoms with Crippen LogP contribution in [0.15, 0.2) is 56.9 Å². The third-order valence-corrected chi connectivity index (χ3v) is 4.89. The predicted octanol–water partition coefficient (Wildman–Crippen LogP) is 3.03. The van der Waals surface area contributed by atoms with Crippen molar-refractivity contribution in [3.05, 3.63) is 62.9 Å². The number of carbonyl (C=O) groups excluding carboxylic acids is 1. The van der Waals surface area contributed by atoms with Crippen LogP contribution in [-0.4, -0.2) is 21.2 Å². The summed E-state index contributed by atoms with van der Waals surface area (Å²) in [4.78, 5) is 28.7. The number of aryl methyl sites for hydroxylation is 1. The number of benzene rings is 2. The standard InChI is InChI=1S/C17H14BrN3O2S/c1-10-2-5-12(6-3-10)21-16(23)13-8-11(18)4-7-14(13)20-17(21)24-9-15(19)22/h2-8H,9H2,1H3,(H2,19,22). The Bertz CT molecular complexity index is 984. The Balaban J connectivity index is 2.27. The molecular formula is C17H14BrN3O2S. The first kappa shape index (κ1) is 16.7. The van der Waals surface area contributed by atoms with Crippen molar-refractivity contribution in [3.8, 4) is 5.69 Å². The highest BCUT2D eigenvalue weighted by Gasteiger charge is 2.14. The quantitative estimate of drug-likeness (QED) is 0.536. The van der Waals surface area contributed by atoms with Crippen LogP contribution in [0.1, 0.15) is 5.56 Å². The molecule has 3 rings (SSSR count). The van der Waals surface area contributed by atoms with Crippen LogP contribution in [0, 0.1) is 6.92 Å². The van der Waals surface area contributed by atoms with Gasteiger partial charge in [0.05, 0.1) is 22.3 Å². The molecule has 0 aliphatic rings. The third kappa shape index (κ3) is 3.37. The summed E-state index contributed by atoms with van der Waals surface area (Å²) in [6.07, 6.45) is 0. The monoisotopic (exact) mass is 403 g/mol. The summed E-state index contributed by atoms with van der Waals surface area (Å²) in [6.45, 7) is 1.98. The molecule has 122 valence electrons. The predicted molar refractivity (Wildman–Crippen MR) is 99.7 cm³/mol. The number of nitrogens with zero attached hydrogens (tertiary/aromatic N) is 2. The highest BCUT2D eigenvalue weighted by atomic mass is 79.9. The molecule has 2 aromatic carbocycles. The maximum Gasteiger partial charge on any atom is 0.266 e. The van der Waals surface area contributed by atoms with Crippen molar-refractivity contribution in [2.24, 2.45) is 5.73 Å². The van der Waals surface area contributed by atoms with Crippen molar-refractivity contribution in [3.63, 3.8) is 0 Å². The average Bonchev–Trinajstić information content (AvgIpc) is 2.55. The molecule has 7 heteroatoms. The lowest BCUT2D eigenvalue weighted by atomic mass is 10.2. The van der Waals surface area contributed by atoms with Crippen LogP contribution in [0.2, 0.25) is 0 Å². The molecule has 0 aliphatic carbocycles. The van der Waals surface area contributed by atoms with Gasteiger partial charge < -0.3 is 5.73 Å². The number of amides is 1. The van der Waals surface area contributed by atoms with Gasteiger partial charge in [-0.1, -0.05) is 45.4 Å². The van der Waals surface area contributed by atoms with E-state index >= 15 is 0 Å². The van der Waals surface area contributed by atoms with E-state index in [0.717, 1.165) is 21.8 Å². The molecule has 24 heavy (non-hydrogen) atoms. The Morgan fingerprint density at radius 2 is 1.96 bits per heavy atom. The minimum atomic E-state index is -0.458. The minimum absolute atomic E-state index is 0.0559. The van der Waals surface area contributed by atoms with Crippen molar-refractivity contribution in [2.75, 3.05) is 5.75 Å². The fourth-order valence-corrected chi connectivity index (χ4v) is 3.40. The summed E-state index contributed by atoms with van der Waals surface area (Å²) < 4.78 is 2.32. The van der Waals surface area contributed by atoms with E-state index in [1.165, 1.54) is 4.57 Å². The first-order chi connectivity index (χ1) is 11.5. The van der Waals surface area contributed by atoms with Gasteiger partial charge in [-0.2, -0.15) is 0 Å². The van der Waals surface area contributed by atoms with Crippen LogP contribution in [-0.2, 0) is 4.79 Å². The van der Waals surface area contributed by atoms with E-state index in [2.05, 4.69) is 20.9 Å². The molecule has 0 bridgehead atoms. The van der Waals surface area contributed by atoms with Gasteiger partial charge in [-0.3, -0.25) is 14.2 Å². The number of halogens is 1. The van der Waals surface area contributed by atoms with E-state index in [1.807, 2.05) is 37.3 Å². The van der Waals surface area contributed by atoms with Crippen LogP contribution >= 0.6 is 27.7 Å². The Morgan fingerprint density at radius 1 is 1.25 bits per heavy atom. The highest BCUT2D eigenvalue weighted by molar-refractivity contribution is 9.10. The number of fused-ring (bicyclic) bond motifs is 1. The first-order valence-corrected chi connectivity index (χ1v) is 8.94. The Kier molecular flexibility index (Phi) is 4.73. The number of rotatable bonds is 4. The molecule has 0 fully saturated rings. The van der Waals surface area contributed by atoms with Crippen molar-refractivity contribution in [1.29, 1.82) is 0 Å². The summed E-state index contributed by atoms with van der Waals surface area (Å²) in [6, 6.07) is 12.9. The van der Waals surface area contributed by atoms with E-state index in [1.54, 1.807) is 12.1 Å². The number of carbonyl (C=O) groups is 1. The lowest BCUT2D eigenvalue weighted by molar-refractivity contribution is -0.115. The molecule has 2 N–H and O–H groups in total. The van der Waals surface area contributed by atoms with Gasteiger partial charge in [-0.15, -0.1) is 0 Å². The minimum Gasteiger partial charge on any atom is -0.369 e. The zero-order valence-electron chi connectivity index (χ0n) is 12.8. The van der Waals surface area contributed by atoms with E-state index in [-0.39, 0.29) is 11.3 Å². The van der Waals surface area contributed by atoms with Gasteiger partial charge in [0.25, 0.3) is 5.56 Å². The molecule has 5 nitrogen and oxygen atoms in total. The van der Waals surface area contributed by atoms with Crippen LogP contribution in [0.3, 0.4) is 0 Å². The van der Waals surface area contributed by atoms with Crippen molar-refractivity contribution in [1.82, 2.24) is 9.55 Å². The molecule has 1 heterocycles. The molecule has 0 atom stereocenters. The SMILES string of the molecule is Cc1ccc(-n2c(SCC(N)=O)nc3ccc(Br)cc3c2=O)cc1. The molecule has 3 aromatic rings. The van der Waals surface area contributed by atoms with Crippen LogP contribution < -0.4 is 11.3 Å². The third-order valence-electron chi connectivity index (χ3n) is 3.44. The Labute approximate surface area is 151 Å². The van der Waals surface area contributed by atoms with Gasteiger partial charge in [0.15, 0.2) is 5.16 Å². The van der Waals surface area contributed by atoms with Gasteiger partial charge in [-0.25, -0.2) is 4.98 Å². The Hall–Kier alpha value is -2.12. The fraction of sp³-hybridized carbons (Fsp3) is 0.118. The second-order valence-corrected chi connectivity index (χ2v) is 7.15. The summed E-state index contributed by atoms with van der Waals surface area (Å²) in [7, 11) is 0.